The van der Waals surface area contributed by atoms with Gasteiger partial charge in [-0.05, 0) is 31.9 Å². The van der Waals surface area contributed by atoms with Crippen LogP contribution in [0.25, 0.3) is 0 Å². The zero-order chi connectivity index (χ0) is 13.7. The predicted octanol–water partition coefficient (Wildman–Crippen LogP) is 2.89. The lowest BCUT2D eigenvalue weighted by atomic mass is 10.0. The number of benzene rings is 1. The summed E-state index contributed by atoms with van der Waals surface area (Å²) in [5.41, 5.74) is 7.80. The van der Waals surface area contributed by atoms with E-state index in [9.17, 15) is 0 Å². The van der Waals surface area contributed by atoms with Crippen LogP contribution >= 0.6 is 0 Å². The summed E-state index contributed by atoms with van der Waals surface area (Å²) in [6, 6.07) is 6.24. The molecule has 0 saturated carbocycles. The standard InChI is InChI=1S/C15H24N2O2/c1-3-8-19-14-6-4-5-13(15(14)16)17-11(2)12-7-9-18-10-12/h4-6,11-12,17H,3,7-10,16H2,1-2H3. The third kappa shape index (κ3) is 3.53. The van der Waals surface area contributed by atoms with E-state index in [1.807, 2.05) is 18.2 Å². The Bertz CT molecular complexity index is 403. The normalized spacial score (nSPS) is 20.2. The van der Waals surface area contributed by atoms with Crippen LogP contribution in [-0.4, -0.2) is 25.9 Å². The van der Waals surface area contributed by atoms with E-state index < -0.39 is 0 Å². The summed E-state index contributed by atoms with van der Waals surface area (Å²) in [5, 5.41) is 3.48. The van der Waals surface area contributed by atoms with Crippen LogP contribution in [-0.2, 0) is 4.74 Å². The molecule has 2 rings (SSSR count). The van der Waals surface area contributed by atoms with Crippen LogP contribution in [0.5, 0.6) is 5.75 Å². The first-order valence-corrected chi connectivity index (χ1v) is 7.08. The summed E-state index contributed by atoms with van der Waals surface area (Å²) in [7, 11) is 0. The van der Waals surface area contributed by atoms with Crippen molar-refractivity contribution < 1.29 is 9.47 Å². The molecule has 2 unspecified atom stereocenters. The fraction of sp³-hybridized carbons (Fsp3) is 0.600. The average Bonchev–Trinajstić information content (AvgIpc) is 2.94. The van der Waals surface area contributed by atoms with Gasteiger partial charge >= 0.3 is 0 Å². The van der Waals surface area contributed by atoms with Crippen LogP contribution in [0, 0.1) is 5.92 Å². The van der Waals surface area contributed by atoms with Gasteiger partial charge in [0.05, 0.1) is 24.6 Å². The molecule has 0 aromatic heterocycles. The van der Waals surface area contributed by atoms with Crippen LogP contribution in [0.2, 0.25) is 0 Å². The molecule has 106 valence electrons. The Morgan fingerprint density at radius 3 is 3.05 bits per heavy atom. The number of anilines is 2. The lowest BCUT2D eigenvalue weighted by Gasteiger charge is -2.22. The number of nitrogen functional groups attached to an aromatic ring is 1. The van der Waals surface area contributed by atoms with Crippen LogP contribution in [0.3, 0.4) is 0 Å². The largest absolute Gasteiger partial charge is 0.491 e. The molecule has 3 N–H and O–H groups in total. The number of nitrogens with one attached hydrogen (secondary N) is 1. The van der Waals surface area contributed by atoms with Gasteiger partial charge < -0.3 is 20.5 Å². The zero-order valence-corrected chi connectivity index (χ0v) is 11.8. The molecule has 4 nitrogen and oxygen atoms in total. The van der Waals surface area contributed by atoms with Gasteiger partial charge in [0.2, 0.25) is 0 Å². The number of para-hydroxylation sites is 1. The average molecular weight is 264 g/mol. The van der Waals surface area contributed by atoms with E-state index in [0.717, 1.165) is 37.5 Å². The van der Waals surface area contributed by atoms with Gasteiger partial charge in [-0.3, -0.25) is 0 Å². The van der Waals surface area contributed by atoms with Crippen molar-refractivity contribution in [2.75, 3.05) is 30.9 Å². The molecular formula is C15H24N2O2. The van der Waals surface area contributed by atoms with Crippen molar-refractivity contribution in [1.82, 2.24) is 0 Å². The molecule has 1 heterocycles. The molecule has 2 atom stereocenters. The first-order chi connectivity index (χ1) is 9.22. The third-order valence-electron chi connectivity index (χ3n) is 3.58. The highest BCUT2D eigenvalue weighted by Gasteiger charge is 2.22. The second-order valence-electron chi connectivity index (χ2n) is 5.12. The van der Waals surface area contributed by atoms with Crippen molar-refractivity contribution in [3.05, 3.63) is 18.2 Å². The Balaban J connectivity index is 2.02. The molecule has 0 amide bonds. The summed E-state index contributed by atoms with van der Waals surface area (Å²) in [4.78, 5) is 0. The van der Waals surface area contributed by atoms with Crippen molar-refractivity contribution >= 4 is 11.4 Å². The number of nitrogens with two attached hydrogens (primary N) is 1. The molecule has 19 heavy (non-hydrogen) atoms. The zero-order valence-electron chi connectivity index (χ0n) is 11.8. The van der Waals surface area contributed by atoms with Crippen molar-refractivity contribution in [2.45, 2.75) is 32.7 Å². The highest BCUT2D eigenvalue weighted by Crippen LogP contribution is 2.31. The molecule has 1 aromatic carbocycles. The van der Waals surface area contributed by atoms with Crippen LogP contribution < -0.4 is 15.8 Å². The first kappa shape index (κ1) is 14.0. The Kier molecular flexibility index (Phi) is 4.91. The van der Waals surface area contributed by atoms with Gasteiger partial charge in [-0.15, -0.1) is 0 Å². The summed E-state index contributed by atoms with van der Waals surface area (Å²) >= 11 is 0. The molecule has 0 spiro atoms. The van der Waals surface area contributed by atoms with E-state index in [4.69, 9.17) is 15.2 Å². The second kappa shape index (κ2) is 6.66. The minimum Gasteiger partial charge on any atom is -0.491 e. The molecule has 0 bridgehead atoms. The van der Waals surface area contributed by atoms with E-state index in [1.165, 1.54) is 0 Å². The highest BCUT2D eigenvalue weighted by atomic mass is 16.5. The monoisotopic (exact) mass is 264 g/mol. The number of rotatable bonds is 6. The first-order valence-electron chi connectivity index (χ1n) is 7.08. The molecule has 1 aliphatic rings. The van der Waals surface area contributed by atoms with Gasteiger partial charge in [0.1, 0.15) is 5.75 Å². The second-order valence-corrected chi connectivity index (χ2v) is 5.12. The summed E-state index contributed by atoms with van der Waals surface area (Å²) in [6.45, 7) is 6.66. The quantitative estimate of drug-likeness (QED) is 0.776. The highest BCUT2D eigenvalue weighted by molar-refractivity contribution is 5.73. The molecule has 1 aliphatic heterocycles. The van der Waals surface area contributed by atoms with Gasteiger partial charge in [-0.25, -0.2) is 0 Å². The molecule has 1 saturated heterocycles. The Morgan fingerprint density at radius 1 is 1.53 bits per heavy atom. The van der Waals surface area contributed by atoms with Gasteiger partial charge in [0.25, 0.3) is 0 Å². The lowest BCUT2D eigenvalue weighted by Crippen LogP contribution is -2.26. The van der Waals surface area contributed by atoms with E-state index in [-0.39, 0.29) is 0 Å². The van der Waals surface area contributed by atoms with Crippen LogP contribution in [0.15, 0.2) is 18.2 Å². The van der Waals surface area contributed by atoms with Crippen molar-refractivity contribution in [2.24, 2.45) is 5.92 Å². The minimum atomic E-state index is 0.353. The van der Waals surface area contributed by atoms with Crippen molar-refractivity contribution in [3.8, 4) is 5.75 Å². The van der Waals surface area contributed by atoms with E-state index in [1.54, 1.807) is 0 Å². The van der Waals surface area contributed by atoms with Crippen molar-refractivity contribution in [3.63, 3.8) is 0 Å². The Hall–Kier alpha value is -1.42. The van der Waals surface area contributed by atoms with Gasteiger partial charge in [-0.1, -0.05) is 13.0 Å². The topological polar surface area (TPSA) is 56.5 Å². The molecule has 1 aromatic rings. The SMILES string of the molecule is CCCOc1cccc(NC(C)C2CCOC2)c1N. The maximum atomic E-state index is 6.15. The number of hydrogen-bond donors (Lipinski definition) is 2. The maximum Gasteiger partial charge on any atom is 0.144 e. The Labute approximate surface area is 115 Å². The molecule has 1 fully saturated rings. The minimum absolute atomic E-state index is 0.353. The van der Waals surface area contributed by atoms with E-state index in [2.05, 4.69) is 19.2 Å². The lowest BCUT2D eigenvalue weighted by molar-refractivity contribution is 0.183. The van der Waals surface area contributed by atoms with Crippen LogP contribution in [0.1, 0.15) is 26.7 Å². The number of hydrogen-bond acceptors (Lipinski definition) is 4. The maximum absolute atomic E-state index is 6.15. The van der Waals surface area contributed by atoms with Crippen LogP contribution in [0.4, 0.5) is 11.4 Å². The molecular weight excluding hydrogens is 240 g/mol. The van der Waals surface area contributed by atoms with E-state index in [0.29, 0.717) is 24.3 Å². The summed E-state index contributed by atoms with van der Waals surface area (Å²) in [6.07, 6.45) is 2.09. The smallest absolute Gasteiger partial charge is 0.144 e. The van der Waals surface area contributed by atoms with Crippen molar-refractivity contribution in [1.29, 1.82) is 0 Å². The number of ether oxygens (including phenoxy) is 2. The fourth-order valence-corrected chi connectivity index (χ4v) is 2.32. The summed E-state index contributed by atoms with van der Waals surface area (Å²) < 4.78 is 11.1. The molecule has 0 radical (unpaired) electrons. The summed E-state index contributed by atoms with van der Waals surface area (Å²) in [5.74, 6) is 1.32. The van der Waals surface area contributed by atoms with E-state index >= 15 is 0 Å². The fourth-order valence-electron chi connectivity index (χ4n) is 2.32. The molecule has 0 aliphatic carbocycles. The third-order valence-corrected chi connectivity index (χ3v) is 3.58. The predicted molar refractivity (Wildman–Crippen MR) is 78.7 cm³/mol. The van der Waals surface area contributed by atoms with Gasteiger partial charge in [0, 0.05) is 18.6 Å². The van der Waals surface area contributed by atoms with Gasteiger partial charge in [-0.2, -0.15) is 0 Å². The molecule has 4 heteroatoms. The Morgan fingerprint density at radius 2 is 2.37 bits per heavy atom. The van der Waals surface area contributed by atoms with Gasteiger partial charge in [0.15, 0.2) is 0 Å².